The fourth-order valence-corrected chi connectivity index (χ4v) is 3.65. The first kappa shape index (κ1) is 13.2. The summed E-state index contributed by atoms with van der Waals surface area (Å²) in [7, 11) is -3.60. The lowest BCUT2D eigenvalue weighted by atomic mass is 10.3. The smallest absolute Gasteiger partial charge is 0.242 e. The summed E-state index contributed by atoms with van der Waals surface area (Å²) in [6, 6.07) is 6.14. The first-order valence-corrected chi connectivity index (χ1v) is 7.40. The summed E-state index contributed by atoms with van der Waals surface area (Å²) in [6.07, 6.45) is 1.33. The fraction of sp³-hybridized carbons (Fsp3) is 0.200. The van der Waals surface area contributed by atoms with Gasteiger partial charge in [0, 0.05) is 4.47 Å². The van der Waals surface area contributed by atoms with E-state index in [-0.39, 0.29) is 4.90 Å². The van der Waals surface area contributed by atoms with Crippen molar-refractivity contribution in [2.24, 2.45) is 0 Å². The van der Waals surface area contributed by atoms with Crippen LogP contribution in [-0.2, 0) is 10.0 Å². The molecule has 6 nitrogen and oxygen atoms in total. The van der Waals surface area contributed by atoms with E-state index in [9.17, 15) is 8.42 Å². The van der Waals surface area contributed by atoms with Gasteiger partial charge in [-0.2, -0.15) is 5.10 Å². The van der Waals surface area contributed by atoms with Crippen LogP contribution in [0.3, 0.4) is 0 Å². The zero-order chi connectivity index (χ0) is 13.2. The molecule has 0 aliphatic heterocycles. The van der Waals surface area contributed by atoms with Crippen LogP contribution in [0.15, 0.2) is 40.0 Å². The highest BCUT2D eigenvalue weighted by molar-refractivity contribution is 9.10. The van der Waals surface area contributed by atoms with Gasteiger partial charge in [-0.3, -0.25) is 5.10 Å². The van der Waals surface area contributed by atoms with Crippen molar-refractivity contribution < 1.29 is 8.42 Å². The van der Waals surface area contributed by atoms with E-state index in [1.165, 1.54) is 12.4 Å². The molecule has 0 radical (unpaired) electrons. The molecule has 1 aromatic heterocycles. The summed E-state index contributed by atoms with van der Waals surface area (Å²) in [5, 5.41) is 6.31. The number of benzene rings is 1. The average Bonchev–Trinajstić information content (AvgIpc) is 2.82. The summed E-state index contributed by atoms with van der Waals surface area (Å²) >= 11 is 3.22. The third-order valence-corrected chi connectivity index (χ3v) is 4.85. The highest BCUT2D eigenvalue weighted by Gasteiger charge is 2.21. The zero-order valence-corrected chi connectivity index (χ0v) is 11.9. The summed E-state index contributed by atoms with van der Waals surface area (Å²) in [6.45, 7) is 1.69. The molecule has 96 valence electrons. The van der Waals surface area contributed by atoms with Crippen LogP contribution in [0.1, 0.15) is 18.8 Å². The van der Waals surface area contributed by atoms with Crippen LogP contribution >= 0.6 is 15.9 Å². The van der Waals surface area contributed by atoms with Crippen LogP contribution in [0.25, 0.3) is 0 Å². The Kier molecular flexibility index (Phi) is 3.79. The van der Waals surface area contributed by atoms with Crippen LogP contribution in [-0.4, -0.2) is 23.6 Å². The quantitative estimate of drug-likeness (QED) is 0.891. The van der Waals surface area contributed by atoms with Crippen LogP contribution < -0.4 is 4.72 Å². The van der Waals surface area contributed by atoms with Crippen LogP contribution in [0, 0.1) is 0 Å². The molecule has 18 heavy (non-hydrogen) atoms. The Morgan fingerprint density at radius 1 is 1.39 bits per heavy atom. The van der Waals surface area contributed by atoms with E-state index >= 15 is 0 Å². The van der Waals surface area contributed by atoms with E-state index < -0.39 is 16.1 Å². The van der Waals surface area contributed by atoms with Gasteiger partial charge in [0.15, 0.2) is 0 Å². The predicted octanol–water partition coefficient (Wildman–Crippen LogP) is 1.61. The monoisotopic (exact) mass is 330 g/mol. The lowest BCUT2D eigenvalue weighted by Crippen LogP contribution is -2.27. The molecular formula is C10H11BrN4O2S. The number of aromatic nitrogens is 3. The number of sulfonamides is 1. The first-order chi connectivity index (χ1) is 8.50. The van der Waals surface area contributed by atoms with Gasteiger partial charge >= 0.3 is 0 Å². The third kappa shape index (κ3) is 2.77. The Balaban J connectivity index is 2.26. The van der Waals surface area contributed by atoms with E-state index in [2.05, 4.69) is 35.8 Å². The molecule has 1 heterocycles. The number of hydrogen-bond donors (Lipinski definition) is 2. The van der Waals surface area contributed by atoms with Crippen LogP contribution in [0.4, 0.5) is 0 Å². The Morgan fingerprint density at radius 2 is 2.11 bits per heavy atom. The first-order valence-electron chi connectivity index (χ1n) is 5.13. The van der Waals surface area contributed by atoms with E-state index in [1.54, 1.807) is 25.1 Å². The SMILES string of the molecule is CC(NS(=O)(=O)c1ccccc1Br)c1ncn[nH]1. The maximum absolute atomic E-state index is 12.2. The second-order valence-corrected chi connectivity index (χ2v) is 6.18. The lowest BCUT2D eigenvalue weighted by Gasteiger charge is -2.12. The second kappa shape index (κ2) is 5.17. The van der Waals surface area contributed by atoms with E-state index in [0.29, 0.717) is 10.3 Å². The maximum atomic E-state index is 12.2. The van der Waals surface area contributed by atoms with Crippen LogP contribution in [0.2, 0.25) is 0 Å². The van der Waals surface area contributed by atoms with Crippen molar-refractivity contribution in [1.29, 1.82) is 0 Å². The fourth-order valence-electron chi connectivity index (χ4n) is 1.44. The predicted molar refractivity (Wildman–Crippen MR) is 69.3 cm³/mol. The molecule has 8 heteroatoms. The van der Waals surface area contributed by atoms with Gasteiger partial charge in [-0.15, -0.1) is 0 Å². The van der Waals surface area contributed by atoms with E-state index in [1.807, 2.05) is 0 Å². The van der Waals surface area contributed by atoms with Crippen molar-refractivity contribution in [2.45, 2.75) is 17.9 Å². The van der Waals surface area contributed by atoms with Crippen molar-refractivity contribution in [2.75, 3.05) is 0 Å². The number of H-pyrrole nitrogens is 1. The molecule has 0 bridgehead atoms. The van der Waals surface area contributed by atoms with Gasteiger partial charge < -0.3 is 0 Å². The summed E-state index contributed by atoms with van der Waals surface area (Å²) in [5.41, 5.74) is 0. The van der Waals surface area contributed by atoms with Gasteiger partial charge in [-0.05, 0) is 35.0 Å². The molecule has 0 saturated carbocycles. The van der Waals surface area contributed by atoms with Crippen molar-refractivity contribution >= 4 is 26.0 Å². The van der Waals surface area contributed by atoms with Crippen LogP contribution in [0.5, 0.6) is 0 Å². The molecule has 1 atom stereocenters. The van der Waals surface area contributed by atoms with Crippen molar-refractivity contribution in [1.82, 2.24) is 19.9 Å². The van der Waals surface area contributed by atoms with E-state index in [0.717, 1.165) is 0 Å². The minimum atomic E-state index is -3.60. The summed E-state index contributed by atoms with van der Waals surface area (Å²) in [5.74, 6) is 0.464. The molecule has 1 aromatic carbocycles. The Labute approximate surface area is 113 Å². The van der Waals surface area contributed by atoms with Gasteiger partial charge in [0.2, 0.25) is 10.0 Å². The molecule has 2 aromatic rings. The normalized spacial score (nSPS) is 13.4. The minimum absolute atomic E-state index is 0.191. The molecule has 2 N–H and O–H groups in total. The molecule has 0 fully saturated rings. The Hall–Kier alpha value is -1.25. The maximum Gasteiger partial charge on any atom is 0.242 e. The topological polar surface area (TPSA) is 87.7 Å². The molecule has 1 unspecified atom stereocenters. The van der Waals surface area contributed by atoms with Gasteiger partial charge in [0.05, 0.1) is 10.9 Å². The number of hydrogen-bond acceptors (Lipinski definition) is 4. The zero-order valence-electron chi connectivity index (χ0n) is 9.46. The van der Waals surface area contributed by atoms with Crippen molar-refractivity contribution in [3.8, 4) is 0 Å². The summed E-state index contributed by atoms with van der Waals surface area (Å²) < 4.78 is 27.4. The third-order valence-electron chi connectivity index (χ3n) is 2.30. The summed E-state index contributed by atoms with van der Waals surface area (Å²) in [4.78, 5) is 4.10. The van der Waals surface area contributed by atoms with Gasteiger partial charge in [0.25, 0.3) is 0 Å². The number of rotatable bonds is 4. The Bertz CT molecular complexity index is 627. The molecule has 0 spiro atoms. The molecule has 0 aliphatic rings. The van der Waals surface area contributed by atoms with Gasteiger partial charge in [-0.1, -0.05) is 12.1 Å². The molecule has 2 rings (SSSR count). The van der Waals surface area contributed by atoms with E-state index in [4.69, 9.17) is 0 Å². The highest BCUT2D eigenvalue weighted by atomic mass is 79.9. The number of nitrogens with zero attached hydrogens (tertiary/aromatic N) is 2. The van der Waals surface area contributed by atoms with Crippen molar-refractivity contribution in [3.63, 3.8) is 0 Å². The molecule has 0 saturated heterocycles. The largest absolute Gasteiger partial charge is 0.262 e. The highest BCUT2D eigenvalue weighted by Crippen LogP contribution is 2.22. The number of nitrogens with one attached hydrogen (secondary N) is 2. The second-order valence-electron chi connectivity index (χ2n) is 3.64. The molecular weight excluding hydrogens is 320 g/mol. The van der Waals surface area contributed by atoms with Gasteiger partial charge in [0.1, 0.15) is 12.2 Å². The number of aromatic amines is 1. The average molecular weight is 331 g/mol. The lowest BCUT2D eigenvalue weighted by molar-refractivity contribution is 0.560. The molecule has 0 aliphatic carbocycles. The minimum Gasteiger partial charge on any atom is -0.262 e. The standard InChI is InChI=1S/C10H11BrN4O2S/c1-7(10-12-6-13-14-10)15-18(16,17)9-5-3-2-4-8(9)11/h2-7,15H,1H3,(H,12,13,14). The molecule has 0 amide bonds. The number of halogens is 1. The van der Waals surface area contributed by atoms with Gasteiger partial charge in [-0.25, -0.2) is 18.1 Å². The Morgan fingerprint density at radius 3 is 2.72 bits per heavy atom. The van der Waals surface area contributed by atoms with Crippen molar-refractivity contribution in [3.05, 3.63) is 40.9 Å².